The van der Waals surface area contributed by atoms with Crippen molar-refractivity contribution >= 4 is 48.9 Å². The lowest BCUT2D eigenvalue weighted by atomic mass is 10.0. The lowest BCUT2D eigenvalue weighted by Crippen LogP contribution is -2.59. The van der Waals surface area contributed by atoms with Gasteiger partial charge in [0.25, 0.3) is 0 Å². The number of nitrogens with two attached hydrogens (primary N) is 1. The zero-order chi connectivity index (χ0) is 22.0. The predicted molar refractivity (Wildman–Crippen MR) is 113 cm³/mol. The molecule has 4 unspecified atom stereocenters. The molecule has 28 heavy (non-hydrogen) atoms. The molecule has 0 aliphatic carbocycles. The first-order valence-electron chi connectivity index (χ1n) is 9.05. The number of nitrogens with one attached hydrogen (secondary N) is 3. The molecule has 9 nitrogen and oxygen atoms in total. The molecule has 11 heteroatoms. The fourth-order valence-electron chi connectivity index (χ4n) is 2.30. The first-order valence-corrected chi connectivity index (χ1v) is 10.3. The quantitative estimate of drug-likeness (QED) is 0.203. The van der Waals surface area contributed by atoms with Crippen LogP contribution in [-0.2, 0) is 19.2 Å². The van der Waals surface area contributed by atoms with Crippen molar-refractivity contribution in [3.63, 3.8) is 0 Å². The molecule has 0 aromatic heterocycles. The first kappa shape index (κ1) is 26.5. The van der Waals surface area contributed by atoms with Crippen LogP contribution in [0.2, 0.25) is 0 Å². The second-order valence-electron chi connectivity index (χ2n) is 7.29. The van der Waals surface area contributed by atoms with E-state index in [4.69, 9.17) is 5.73 Å². The molecule has 162 valence electrons. The third kappa shape index (κ3) is 9.16. The van der Waals surface area contributed by atoms with Crippen LogP contribution < -0.4 is 21.7 Å². The van der Waals surface area contributed by atoms with Crippen molar-refractivity contribution in [3.05, 3.63) is 0 Å². The summed E-state index contributed by atoms with van der Waals surface area (Å²) in [4.78, 5) is 48.3. The van der Waals surface area contributed by atoms with Crippen LogP contribution in [0.25, 0.3) is 0 Å². The van der Waals surface area contributed by atoms with Crippen molar-refractivity contribution in [2.45, 2.75) is 58.3 Å². The van der Waals surface area contributed by atoms with Gasteiger partial charge in [0.1, 0.15) is 18.1 Å². The van der Waals surface area contributed by atoms with E-state index in [2.05, 4.69) is 41.2 Å². The van der Waals surface area contributed by atoms with Crippen LogP contribution in [0, 0.1) is 11.8 Å². The van der Waals surface area contributed by atoms with Gasteiger partial charge < -0.3 is 26.8 Å². The number of rotatable bonds is 12. The van der Waals surface area contributed by atoms with Gasteiger partial charge in [-0.1, -0.05) is 27.7 Å². The molecule has 0 rings (SSSR count). The van der Waals surface area contributed by atoms with E-state index in [1.54, 1.807) is 13.8 Å². The highest BCUT2D eigenvalue weighted by molar-refractivity contribution is 7.80. The van der Waals surface area contributed by atoms with E-state index in [-0.39, 0.29) is 29.8 Å². The number of amides is 3. The van der Waals surface area contributed by atoms with Crippen LogP contribution >= 0.6 is 25.3 Å². The highest BCUT2D eigenvalue weighted by atomic mass is 32.1. The second kappa shape index (κ2) is 12.9. The molecule has 0 aromatic rings. The Bertz CT molecular complexity index is 560. The number of carbonyl (C=O) groups is 4. The van der Waals surface area contributed by atoms with Gasteiger partial charge in [-0.05, 0) is 18.3 Å². The molecule has 3 amide bonds. The molecule has 0 radical (unpaired) electrons. The van der Waals surface area contributed by atoms with Gasteiger partial charge in [-0.3, -0.25) is 14.4 Å². The van der Waals surface area contributed by atoms with E-state index in [1.807, 2.05) is 13.8 Å². The Kier molecular flexibility index (Phi) is 12.2. The summed E-state index contributed by atoms with van der Waals surface area (Å²) in [6, 6.07) is -3.91. The maximum Gasteiger partial charge on any atom is 0.326 e. The van der Waals surface area contributed by atoms with E-state index in [0.29, 0.717) is 0 Å². The molecule has 0 heterocycles. The number of thiol groups is 2. The van der Waals surface area contributed by atoms with E-state index in [9.17, 15) is 24.3 Å². The largest absolute Gasteiger partial charge is 0.480 e. The molecule has 0 aliphatic heterocycles. The van der Waals surface area contributed by atoms with Crippen LogP contribution in [0.15, 0.2) is 0 Å². The number of aliphatic carboxylic acids is 1. The average Bonchev–Trinajstić information content (AvgIpc) is 2.61. The molecule has 0 aliphatic rings. The Labute approximate surface area is 176 Å². The topological polar surface area (TPSA) is 151 Å². The van der Waals surface area contributed by atoms with Crippen molar-refractivity contribution in [2.24, 2.45) is 17.6 Å². The minimum Gasteiger partial charge on any atom is -0.480 e. The maximum absolute atomic E-state index is 12.6. The molecular weight excluding hydrogens is 404 g/mol. The van der Waals surface area contributed by atoms with E-state index < -0.39 is 47.9 Å². The fourth-order valence-corrected chi connectivity index (χ4v) is 2.72. The highest BCUT2D eigenvalue weighted by Crippen LogP contribution is 2.07. The number of carboxylic acids is 1. The SMILES string of the molecule is CC(C)CC(NC(=O)C(CS)NC(=O)C(NC(=O)C(N)CS)C(C)C)C(=O)O. The zero-order valence-corrected chi connectivity index (χ0v) is 18.4. The van der Waals surface area contributed by atoms with Gasteiger partial charge in [0.15, 0.2) is 0 Å². The van der Waals surface area contributed by atoms with Crippen LogP contribution in [0.4, 0.5) is 0 Å². The summed E-state index contributed by atoms with van der Waals surface area (Å²) < 4.78 is 0. The Morgan fingerprint density at radius 1 is 0.857 bits per heavy atom. The van der Waals surface area contributed by atoms with Crippen LogP contribution in [-0.4, -0.2) is 64.5 Å². The Morgan fingerprint density at radius 2 is 1.39 bits per heavy atom. The van der Waals surface area contributed by atoms with Gasteiger partial charge >= 0.3 is 5.97 Å². The monoisotopic (exact) mass is 436 g/mol. The second-order valence-corrected chi connectivity index (χ2v) is 8.02. The van der Waals surface area contributed by atoms with Gasteiger partial charge in [-0.25, -0.2) is 4.79 Å². The normalized spacial score (nSPS) is 15.5. The van der Waals surface area contributed by atoms with Crippen molar-refractivity contribution < 1.29 is 24.3 Å². The summed E-state index contributed by atoms with van der Waals surface area (Å²) in [6.07, 6.45) is 0.251. The maximum atomic E-state index is 12.6. The van der Waals surface area contributed by atoms with Gasteiger partial charge in [0, 0.05) is 11.5 Å². The van der Waals surface area contributed by atoms with Gasteiger partial charge in [-0.15, -0.1) is 0 Å². The summed E-state index contributed by atoms with van der Waals surface area (Å²) in [5, 5.41) is 16.7. The summed E-state index contributed by atoms with van der Waals surface area (Å²) >= 11 is 8.02. The number of carboxylic acid groups (broad SMARTS) is 1. The number of hydrogen-bond donors (Lipinski definition) is 7. The van der Waals surface area contributed by atoms with E-state index in [0.717, 1.165) is 0 Å². The summed E-state index contributed by atoms with van der Waals surface area (Å²) in [5.41, 5.74) is 5.61. The first-order chi connectivity index (χ1) is 12.9. The summed E-state index contributed by atoms with van der Waals surface area (Å²) in [7, 11) is 0. The van der Waals surface area contributed by atoms with Gasteiger partial charge in [0.05, 0.1) is 6.04 Å². The standard InChI is InChI=1S/C17H32N4O5S2/c1-8(2)5-11(17(25)26)19-15(23)12(7-28)20-16(24)13(9(3)4)21-14(22)10(18)6-27/h8-13,27-28H,5-7,18H2,1-4H3,(H,19,23)(H,20,24)(H,21,22)(H,25,26). The van der Waals surface area contributed by atoms with Crippen molar-refractivity contribution in [1.29, 1.82) is 0 Å². The molecule has 0 spiro atoms. The van der Waals surface area contributed by atoms with Crippen molar-refractivity contribution in [1.82, 2.24) is 16.0 Å². The predicted octanol–water partition coefficient (Wildman–Crippen LogP) is -0.586. The van der Waals surface area contributed by atoms with E-state index >= 15 is 0 Å². The third-order valence-corrected chi connectivity index (χ3v) is 4.68. The van der Waals surface area contributed by atoms with Crippen LogP contribution in [0.1, 0.15) is 34.1 Å². The van der Waals surface area contributed by atoms with E-state index in [1.165, 1.54) is 0 Å². The molecular formula is C17H32N4O5S2. The molecule has 0 saturated heterocycles. The number of carbonyl (C=O) groups excluding carboxylic acids is 3. The minimum atomic E-state index is -1.15. The van der Waals surface area contributed by atoms with Crippen LogP contribution in [0.5, 0.6) is 0 Å². The molecule has 0 saturated carbocycles. The van der Waals surface area contributed by atoms with Gasteiger partial charge in [-0.2, -0.15) is 25.3 Å². The summed E-state index contributed by atoms with van der Waals surface area (Å²) in [6.45, 7) is 7.14. The minimum absolute atomic E-state index is 0.0412. The molecule has 0 fully saturated rings. The Morgan fingerprint density at radius 3 is 1.79 bits per heavy atom. The van der Waals surface area contributed by atoms with Crippen molar-refractivity contribution in [2.75, 3.05) is 11.5 Å². The Hall–Kier alpha value is -1.46. The smallest absolute Gasteiger partial charge is 0.326 e. The molecule has 0 aromatic carbocycles. The average molecular weight is 437 g/mol. The number of hydrogen-bond acceptors (Lipinski definition) is 7. The summed E-state index contributed by atoms with van der Waals surface area (Å²) in [5.74, 6) is -3.06. The van der Waals surface area contributed by atoms with Crippen molar-refractivity contribution in [3.8, 4) is 0 Å². The van der Waals surface area contributed by atoms with Gasteiger partial charge in [0.2, 0.25) is 17.7 Å². The molecule has 4 atom stereocenters. The zero-order valence-electron chi connectivity index (χ0n) is 16.6. The molecule has 0 bridgehead atoms. The lowest BCUT2D eigenvalue weighted by molar-refractivity contribution is -0.142. The third-order valence-electron chi connectivity index (χ3n) is 3.92. The molecule has 6 N–H and O–H groups in total. The Balaban J connectivity index is 5.12. The van der Waals surface area contributed by atoms with Crippen LogP contribution in [0.3, 0.4) is 0 Å². The highest BCUT2D eigenvalue weighted by Gasteiger charge is 2.31. The lowest BCUT2D eigenvalue weighted by Gasteiger charge is -2.26. The fraction of sp³-hybridized carbons (Fsp3) is 0.765.